The van der Waals surface area contributed by atoms with Crippen molar-refractivity contribution in [3.05, 3.63) is 35.9 Å². The van der Waals surface area contributed by atoms with Gasteiger partial charge < -0.3 is 10.2 Å². The molecule has 0 bridgehead atoms. The molecule has 1 aliphatic rings. The van der Waals surface area contributed by atoms with Gasteiger partial charge in [0, 0.05) is 25.4 Å². The summed E-state index contributed by atoms with van der Waals surface area (Å²) in [5.74, 6) is -0.977. The van der Waals surface area contributed by atoms with Crippen molar-refractivity contribution in [1.29, 1.82) is 0 Å². The van der Waals surface area contributed by atoms with E-state index < -0.39 is 24.5 Å². The Morgan fingerprint density at radius 3 is 2.36 bits per heavy atom. The molecule has 1 N–H and O–H groups in total. The highest BCUT2D eigenvalue weighted by Gasteiger charge is 2.31. The Morgan fingerprint density at radius 1 is 1.12 bits per heavy atom. The summed E-state index contributed by atoms with van der Waals surface area (Å²) in [5.41, 5.74) is 1.19. The lowest BCUT2D eigenvalue weighted by atomic mass is 9.95. The van der Waals surface area contributed by atoms with Gasteiger partial charge in [0.2, 0.25) is 11.8 Å². The van der Waals surface area contributed by atoms with Gasteiger partial charge in [-0.15, -0.1) is 0 Å². The molecule has 25 heavy (non-hydrogen) atoms. The second kappa shape index (κ2) is 8.87. The SMILES string of the molecule is O=C(NCC(F)(F)F)C1CCN(C(=O)CCCc2ccccc2)CC1. The molecule has 2 rings (SSSR count). The number of amides is 2. The summed E-state index contributed by atoms with van der Waals surface area (Å²) in [6, 6.07) is 9.92. The molecule has 1 aromatic rings. The molecule has 0 spiro atoms. The number of carbonyl (C=O) groups excluding carboxylic acids is 2. The number of aryl methyl sites for hydroxylation is 1. The zero-order chi connectivity index (χ0) is 18.3. The molecule has 0 saturated carbocycles. The summed E-state index contributed by atoms with van der Waals surface area (Å²) in [7, 11) is 0. The van der Waals surface area contributed by atoms with E-state index in [9.17, 15) is 22.8 Å². The molecule has 1 heterocycles. The number of halogens is 3. The molecule has 7 heteroatoms. The number of benzene rings is 1. The number of nitrogens with one attached hydrogen (secondary N) is 1. The van der Waals surface area contributed by atoms with Crippen molar-refractivity contribution in [2.75, 3.05) is 19.6 Å². The fraction of sp³-hybridized carbons (Fsp3) is 0.556. The minimum absolute atomic E-state index is 0.0464. The fourth-order valence-corrected chi connectivity index (χ4v) is 2.97. The quantitative estimate of drug-likeness (QED) is 0.852. The molecule has 138 valence electrons. The van der Waals surface area contributed by atoms with E-state index >= 15 is 0 Å². The first-order chi connectivity index (χ1) is 11.8. The van der Waals surface area contributed by atoms with Gasteiger partial charge in [-0.2, -0.15) is 13.2 Å². The number of hydrogen-bond acceptors (Lipinski definition) is 2. The summed E-state index contributed by atoms with van der Waals surface area (Å²) in [6.07, 6.45) is -1.54. The van der Waals surface area contributed by atoms with Crippen LogP contribution in [-0.2, 0) is 16.0 Å². The van der Waals surface area contributed by atoms with Gasteiger partial charge in [0.15, 0.2) is 0 Å². The van der Waals surface area contributed by atoms with E-state index in [0.29, 0.717) is 32.4 Å². The number of rotatable bonds is 6. The molecule has 2 amide bonds. The first kappa shape index (κ1) is 19.3. The first-order valence-electron chi connectivity index (χ1n) is 8.51. The lowest BCUT2D eigenvalue weighted by Crippen LogP contribution is -2.44. The zero-order valence-electron chi connectivity index (χ0n) is 14.0. The van der Waals surface area contributed by atoms with Crippen LogP contribution in [0.15, 0.2) is 30.3 Å². The third-order valence-electron chi connectivity index (χ3n) is 4.38. The van der Waals surface area contributed by atoms with E-state index in [-0.39, 0.29) is 5.91 Å². The van der Waals surface area contributed by atoms with Crippen molar-refractivity contribution in [2.45, 2.75) is 38.3 Å². The van der Waals surface area contributed by atoms with Gasteiger partial charge in [-0.1, -0.05) is 30.3 Å². The standard InChI is InChI=1S/C18H23F3N2O2/c19-18(20,21)13-22-17(25)15-9-11-23(12-10-15)16(24)8-4-7-14-5-2-1-3-6-14/h1-3,5-6,15H,4,7-13H2,(H,22,25). The monoisotopic (exact) mass is 356 g/mol. The molecule has 1 saturated heterocycles. The Hall–Kier alpha value is -2.05. The molecule has 0 unspecified atom stereocenters. The highest BCUT2D eigenvalue weighted by molar-refractivity contribution is 5.80. The van der Waals surface area contributed by atoms with Crippen molar-refractivity contribution in [3.63, 3.8) is 0 Å². The van der Waals surface area contributed by atoms with Gasteiger partial charge in [-0.3, -0.25) is 9.59 Å². The average molecular weight is 356 g/mol. The van der Waals surface area contributed by atoms with Crippen LogP contribution in [0.4, 0.5) is 13.2 Å². The number of nitrogens with zero attached hydrogens (tertiary/aromatic N) is 1. The predicted molar refractivity (Wildman–Crippen MR) is 87.7 cm³/mol. The fourth-order valence-electron chi connectivity index (χ4n) is 2.97. The van der Waals surface area contributed by atoms with E-state index in [2.05, 4.69) is 0 Å². The second-order valence-electron chi connectivity index (χ2n) is 6.33. The number of hydrogen-bond donors (Lipinski definition) is 1. The van der Waals surface area contributed by atoms with Crippen LogP contribution in [0.3, 0.4) is 0 Å². The van der Waals surface area contributed by atoms with Crippen LogP contribution in [-0.4, -0.2) is 42.5 Å². The first-order valence-corrected chi connectivity index (χ1v) is 8.51. The van der Waals surface area contributed by atoms with Crippen LogP contribution < -0.4 is 5.32 Å². The van der Waals surface area contributed by atoms with E-state index in [1.54, 1.807) is 4.90 Å². The minimum atomic E-state index is -4.40. The second-order valence-corrected chi connectivity index (χ2v) is 6.33. The minimum Gasteiger partial charge on any atom is -0.347 e. The summed E-state index contributed by atoms with van der Waals surface area (Å²) in [5, 5.41) is 1.92. The van der Waals surface area contributed by atoms with Gasteiger partial charge in [-0.05, 0) is 31.2 Å². The van der Waals surface area contributed by atoms with Crippen LogP contribution in [0.2, 0.25) is 0 Å². The maximum atomic E-state index is 12.2. The third-order valence-corrected chi connectivity index (χ3v) is 4.38. The maximum absolute atomic E-state index is 12.2. The summed E-state index contributed by atoms with van der Waals surface area (Å²) >= 11 is 0. The molecule has 1 aromatic carbocycles. The Morgan fingerprint density at radius 2 is 1.76 bits per heavy atom. The highest BCUT2D eigenvalue weighted by Crippen LogP contribution is 2.20. The van der Waals surface area contributed by atoms with Gasteiger partial charge in [-0.25, -0.2) is 0 Å². The van der Waals surface area contributed by atoms with Crippen LogP contribution in [0.5, 0.6) is 0 Å². The predicted octanol–water partition coefficient (Wildman–Crippen LogP) is 2.93. The Labute approximate surface area is 145 Å². The smallest absolute Gasteiger partial charge is 0.347 e. The average Bonchev–Trinajstić information content (AvgIpc) is 2.60. The topological polar surface area (TPSA) is 49.4 Å². The maximum Gasteiger partial charge on any atom is 0.405 e. The van der Waals surface area contributed by atoms with Crippen LogP contribution in [0.1, 0.15) is 31.2 Å². The van der Waals surface area contributed by atoms with Crippen LogP contribution >= 0.6 is 0 Å². The van der Waals surface area contributed by atoms with Gasteiger partial charge >= 0.3 is 6.18 Å². The zero-order valence-corrected chi connectivity index (χ0v) is 14.0. The Kier molecular flexibility index (Phi) is 6.84. The summed E-state index contributed by atoms with van der Waals surface area (Å²) in [6.45, 7) is -0.451. The van der Waals surface area contributed by atoms with Crippen molar-refractivity contribution in [1.82, 2.24) is 10.2 Å². The van der Waals surface area contributed by atoms with E-state index in [4.69, 9.17) is 0 Å². The van der Waals surface area contributed by atoms with Crippen LogP contribution in [0.25, 0.3) is 0 Å². The van der Waals surface area contributed by atoms with Crippen molar-refractivity contribution in [2.24, 2.45) is 5.92 Å². The molecule has 1 aliphatic heterocycles. The van der Waals surface area contributed by atoms with Gasteiger partial charge in [0.25, 0.3) is 0 Å². The number of alkyl halides is 3. The molecule has 1 fully saturated rings. The largest absolute Gasteiger partial charge is 0.405 e. The number of likely N-dealkylation sites (tertiary alicyclic amines) is 1. The van der Waals surface area contributed by atoms with Crippen LogP contribution in [0, 0.1) is 5.92 Å². The van der Waals surface area contributed by atoms with E-state index in [0.717, 1.165) is 12.8 Å². The summed E-state index contributed by atoms with van der Waals surface area (Å²) < 4.78 is 36.4. The normalized spacial score (nSPS) is 15.9. The number of carbonyl (C=O) groups is 2. The molecule has 0 aromatic heterocycles. The van der Waals surface area contributed by atoms with Crippen molar-refractivity contribution < 1.29 is 22.8 Å². The lowest BCUT2D eigenvalue weighted by molar-refractivity contribution is -0.143. The molecule has 0 radical (unpaired) electrons. The molecule has 4 nitrogen and oxygen atoms in total. The van der Waals surface area contributed by atoms with Crippen molar-refractivity contribution >= 4 is 11.8 Å². The Bertz CT molecular complexity index is 567. The highest BCUT2D eigenvalue weighted by atomic mass is 19.4. The van der Waals surface area contributed by atoms with Crippen molar-refractivity contribution in [3.8, 4) is 0 Å². The van der Waals surface area contributed by atoms with Gasteiger partial charge in [0.05, 0.1) is 0 Å². The Balaban J connectivity index is 1.67. The molecule has 0 aliphatic carbocycles. The third kappa shape index (κ3) is 6.76. The molecular formula is C18H23F3N2O2. The molecule has 0 atom stereocenters. The summed E-state index contributed by atoms with van der Waals surface area (Å²) in [4.78, 5) is 25.6. The van der Waals surface area contributed by atoms with E-state index in [1.807, 2.05) is 35.6 Å². The lowest BCUT2D eigenvalue weighted by Gasteiger charge is -2.31. The number of piperidine rings is 1. The van der Waals surface area contributed by atoms with Gasteiger partial charge in [0.1, 0.15) is 6.54 Å². The van der Waals surface area contributed by atoms with E-state index in [1.165, 1.54) is 5.56 Å². The molecular weight excluding hydrogens is 333 g/mol.